The topological polar surface area (TPSA) is 96.5 Å². The summed E-state index contributed by atoms with van der Waals surface area (Å²) in [5.41, 5.74) is 0.505. The molecule has 0 unspecified atom stereocenters. The molecule has 0 aromatic heterocycles. The second-order valence-electron chi connectivity index (χ2n) is 5.54. The third kappa shape index (κ3) is 4.19. The monoisotopic (exact) mass is 317 g/mol. The summed E-state index contributed by atoms with van der Waals surface area (Å²) in [6.45, 7) is 2.99. The Hall–Kier alpha value is -2.62. The number of ether oxygens (including phenoxy) is 1. The summed E-state index contributed by atoms with van der Waals surface area (Å²) in [6.07, 6.45) is 3.36. The molecule has 0 bridgehead atoms. The van der Waals surface area contributed by atoms with Crippen molar-refractivity contribution in [1.82, 2.24) is 0 Å². The quantitative estimate of drug-likeness (QED) is 0.481. The molecule has 1 atom stereocenters. The third-order valence-corrected chi connectivity index (χ3v) is 3.82. The second kappa shape index (κ2) is 7.58. The van der Waals surface area contributed by atoms with Crippen LogP contribution in [-0.4, -0.2) is 30.1 Å². The van der Waals surface area contributed by atoms with E-state index < -0.39 is 17.0 Å². The highest BCUT2D eigenvalue weighted by Crippen LogP contribution is 2.31. The first-order chi connectivity index (χ1) is 11.0. The molecule has 0 radical (unpaired) electrons. The van der Waals surface area contributed by atoms with E-state index in [0.29, 0.717) is 5.69 Å². The molecule has 0 aliphatic carbocycles. The number of esters is 1. The molecule has 7 heteroatoms. The van der Waals surface area contributed by atoms with Gasteiger partial charge in [0.2, 0.25) is 0 Å². The van der Waals surface area contributed by atoms with Crippen molar-refractivity contribution in [1.29, 1.82) is 5.26 Å². The van der Waals surface area contributed by atoms with E-state index in [1.54, 1.807) is 12.1 Å². The van der Waals surface area contributed by atoms with Crippen LogP contribution in [0.3, 0.4) is 0 Å². The van der Waals surface area contributed by atoms with Crippen LogP contribution in [0.2, 0.25) is 0 Å². The first-order valence-corrected chi connectivity index (χ1v) is 7.67. The van der Waals surface area contributed by atoms with Gasteiger partial charge in [0, 0.05) is 19.2 Å². The predicted molar refractivity (Wildman–Crippen MR) is 84.3 cm³/mol. The number of nitrogens with zero attached hydrogens (tertiary/aromatic N) is 3. The zero-order valence-electron chi connectivity index (χ0n) is 13.0. The molecule has 1 heterocycles. The maximum absolute atomic E-state index is 11.9. The minimum Gasteiger partial charge on any atom is -0.444 e. The summed E-state index contributed by atoms with van der Waals surface area (Å²) in [4.78, 5) is 24.8. The zero-order chi connectivity index (χ0) is 16.8. The van der Waals surface area contributed by atoms with Gasteiger partial charge in [-0.25, -0.2) is 4.79 Å². The first kappa shape index (κ1) is 16.7. The van der Waals surface area contributed by atoms with Crippen LogP contribution in [0, 0.1) is 21.4 Å². The summed E-state index contributed by atoms with van der Waals surface area (Å²) >= 11 is 0. The Balaban J connectivity index is 2.29. The van der Waals surface area contributed by atoms with Crippen molar-refractivity contribution >= 4 is 17.3 Å². The Bertz CT molecular complexity index is 631. The van der Waals surface area contributed by atoms with E-state index in [4.69, 9.17) is 10.00 Å². The number of anilines is 1. The van der Waals surface area contributed by atoms with E-state index in [1.807, 2.05) is 4.90 Å². The van der Waals surface area contributed by atoms with Gasteiger partial charge in [-0.15, -0.1) is 0 Å². The largest absolute Gasteiger partial charge is 0.444 e. The van der Waals surface area contributed by atoms with Crippen molar-refractivity contribution < 1.29 is 14.5 Å². The normalized spacial score (nSPS) is 16.1. The zero-order valence-corrected chi connectivity index (χ0v) is 13.0. The fraction of sp³-hybridized carbons (Fsp3) is 0.500. The number of nitro groups is 1. The van der Waals surface area contributed by atoms with E-state index in [-0.39, 0.29) is 11.3 Å². The van der Waals surface area contributed by atoms with Gasteiger partial charge in [0.1, 0.15) is 11.8 Å². The Morgan fingerprint density at radius 2 is 2.00 bits per heavy atom. The molecule has 1 aromatic rings. The van der Waals surface area contributed by atoms with Crippen LogP contribution in [0.4, 0.5) is 11.4 Å². The van der Waals surface area contributed by atoms with Gasteiger partial charge in [-0.05, 0) is 31.9 Å². The molecule has 0 amide bonds. The van der Waals surface area contributed by atoms with Crippen LogP contribution in [0.5, 0.6) is 0 Å². The average Bonchev–Trinajstić information content (AvgIpc) is 2.83. The molecule has 23 heavy (non-hydrogen) atoms. The highest BCUT2D eigenvalue weighted by molar-refractivity contribution is 5.91. The summed E-state index contributed by atoms with van der Waals surface area (Å²) in [5, 5.41) is 20.1. The van der Waals surface area contributed by atoms with Gasteiger partial charge < -0.3 is 9.64 Å². The predicted octanol–water partition coefficient (Wildman–Crippen LogP) is 3.04. The summed E-state index contributed by atoms with van der Waals surface area (Å²) in [6, 6.07) is 6.12. The maximum atomic E-state index is 11.9. The molecule has 0 N–H and O–H groups in total. The molecule has 122 valence electrons. The number of nitriles is 1. The highest BCUT2D eigenvalue weighted by atomic mass is 16.6. The van der Waals surface area contributed by atoms with Gasteiger partial charge >= 0.3 is 5.97 Å². The van der Waals surface area contributed by atoms with Crippen LogP contribution in [-0.2, 0) is 4.74 Å². The lowest BCUT2D eigenvalue weighted by Crippen LogP contribution is -2.25. The SMILES string of the molecule is C[C@H](C#N)OC(=O)c1ccc(N2CCCCCC2)c([N+](=O)[O-])c1. The summed E-state index contributed by atoms with van der Waals surface area (Å²) in [7, 11) is 0. The molecular formula is C16H19N3O4. The molecule has 1 fully saturated rings. The number of nitro benzene ring substituents is 1. The smallest absolute Gasteiger partial charge is 0.339 e. The number of hydrogen-bond donors (Lipinski definition) is 0. The number of hydrogen-bond acceptors (Lipinski definition) is 6. The van der Waals surface area contributed by atoms with Crippen molar-refractivity contribution in [3.63, 3.8) is 0 Å². The molecule has 2 rings (SSSR count). The Labute approximate surface area is 134 Å². The standard InChI is InChI=1S/C16H19N3O4/c1-12(11-17)23-16(20)13-6-7-14(15(10-13)19(21)22)18-8-4-2-3-5-9-18/h6-7,10,12H,2-5,8-9H2,1H3/t12-/m1/s1. The van der Waals surface area contributed by atoms with Crippen molar-refractivity contribution in [2.75, 3.05) is 18.0 Å². The second-order valence-corrected chi connectivity index (χ2v) is 5.54. The fourth-order valence-corrected chi connectivity index (χ4v) is 2.63. The van der Waals surface area contributed by atoms with E-state index in [2.05, 4.69) is 0 Å². The van der Waals surface area contributed by atoms with Crippen LogP contribution in [0.15, 0.2) is 18.2 Å². The van der Waals surface area contributed by atoms with Crippen LogP contribution < -0.4 is 4.90 Å². The van der Waals surface area contributed by atoms with Gasteiger partial charge in [0.25, 0.3) is 5.69 Å². The minimum atomic E-state index is -0.896. The van der Waals surface area contributed by atoms with Gasteiger partial charge in [0.05, 0.1) is 10.5 Å². The van der Waals surface area contributed by atoms with Gasteiger partial charge in [-0.1, -0.05) is 12.8 Å². The van der Waals surface area contributed by atoms with Crippen molar-refractivity contribution in [3.05, 3.63) is 33.9 Å². The number of carbonyl (C=O) groups excluding carboxylic acids is 1. The van der Waals surface area contributed by atoms with Crippen molar-refractivity contribution in [2.24, 2.45) is 0 Å². The molecule has 1 aliphatic heterocycles. The molecule has 1 aliphatic rings. The van der Waals surface area contributed by atoms with Crippen LogP contribution in [0.1, 0.15) is 43.0 Å². The van der Waals surface area contributed by atoms with E-state index >= 15 is 0 Å². The maximum Gasteiger partial charge on any atom is 0.339 e. The number of benzene rings is 1. The minimum absolute atomic E-state index is 0.0809. The van der Waals surface area contributed by atoms with Crippen molar-refractivity contribution in [2.45, 2.75) is 38.7 Å². The lowest BCUT2D eigenvalue weighted by atomic mass is 10.1. The van der Waals surface area contributed by atoms with E-state index in [0.717, 1.165) is 38.8 Å². The molecule has 7 nitrogen and oxygen atoms in total. The lowest BCUT2D eigenvalue weighted by molar-refractivity contribution is -0.384. The van der Waals surface area contributed by atoms with E-state index in [1.165, 1.54) is 19.1 Å². The van der Waals surface area contributed by atoms with Crippen LogP contribution >= 0.6 is 0 Å². The molecule has 1 aromatic carbocycles. The summed E-state index contributed by atoms with van der Waals surface area (Å²) in [5.74, 6) is -0.732. The van der Waals surface area contributed by atoms with Gasteiger partial charge in [-0.3, -0.25) is 10.1 Å². The average molecular weight is 317 g/mol. The fourth-order valence-electron chi connectivity index (χ4n) is 2.63. The highest BCUT2D eigenvalue weighted by Gasteiger charge is 2.23. The van der Waals surface area contributed by atoms with Crippen molar-refractivity contribution in [3.8, 4) is 6.07 Å². The molecule has 0 spiro atoms. The molecule has 1 saturated heterocycles. The van der Waals surface area contributed by atoms with Crippen LogP contribution in [0.25, 0.3) is 0 Å². The van der Waals surface area contributed by atoms with Gasteiger partial charge in [0.15, 0.2) is 6.10 Å². The third-order valence-electron chi connectivity index (χ3n) is 3.82. The van der Waals surface area contributed by atoms with E-state index in [9.17, 15) is 14.9 Å². The number of carbonyl (C=O) groups is 1. The Morgan fingerprint density at radius 3 is 2.57 bits per heavy atom. The Kier molecular flexibility index (Phi) is 5.52. The van der Waals surface area contributed by atoms with Gasteiger partial charge in [-0.2, -0.15) is 5.26 Å². The molecule has 0 saturated carbocycles. The lowest BCUT2D eigenvalue weighted by Gasteiger charge is -2.22. The molecular weight excluding hydrogens is 298 g/mol. The first-order valence-electron chi connectivity index (χ1n) is 7.67. The number of rotatable bonds is 4. The summed E-state index contributed by atoms with van der Waals surface area (Å²) < 4.78 is 4.89. The Morgan fingerprint density at radius 1 is 1.35 bits per heavy atom.